The van der Waals surface area contributed by atoms with Gasteiger partial charge in [-0.15, -0.1) is 11.3 Å². The number of thiazole rings is 1. The van der Waals surface area contributed by atoms with Crippen LogP contribution in [0.2, 0.25) is 5.02 Å². The van der Waals surface area contributed by atoms with Crippen molar-refractivity contribution in [1.82, 2.24) is 10.1 Å². The fourth-order valence-corrected chi connectivity index (χ4v) is 3.27. The minimum Gasteiger partial charge on any atom is -0.367 e. The fraction of sp³-hybridized carbons (Fsp3) is 0.143. The third-order valence-corrected chi connectivity index (χ3v) is 4.39. The van der Waals surface area contributed by atoms with Crippen LogP contribution in [0, 0.1) is 13.8 Å². The maximum Gasteiger partial charge on any atom is 0.230 e. The Morgan fingerprint density at radius 3 is 2.65 bits per heavy atom. The molecule has 2 heterocycles. The van der Waals surface area contributed by atoms with Crippen molar-refractivity contribution < 1.29 is 4.52 Å². The molecule has 0 aliphatic heterocycles. The number of nitrogen functional groups attached to an aromatic ring is 1. The van der Waals surface area contributed by atoms with Crippen molar-refractivity contribution in [2.24, 2.45) is 0 Å². The minimum absolute atomic E-state index is 0.263. The molecule has 0 amide bonds. The van der Waals surface area contributed by atoms with E-state index in [0.29, 0.717) is 10.7 Å². The Balaban J connectivity index is 2.26. The second kappa shape index (κ2) is 4.92. The van der Waals surface area contributed by atoms with Gasteiger partial charge < -0.3 is 10.3 Å². The van der Waals surface area contributed by atoms with Crippen LogP contribution < -0.4 is 5.73 Å². The van der Waals surface area contributed by atoms with Gasteiger partial charge >= 0.3 is 0 Å². The van der Waals surface area contributed by atoms with Gasteiger partial charge in [0.25, 0.3) is 0 Å². The van der Waals surface area contributed by atoms with Gasteiger partial charge in [0.05, 0.1) is 21.1 Å². The molecule has 0 bridgehead atoms. The summed E-state index contributed by atoms with van der Waals surface area (Å²) in [6, 6.07) is 7.50. The molecule has 1 aromatic carbocycles. The Morgan fingerprint density at radius 1 is 1.25 bits per heavy atom. The van der Waals surface area contributed by atoms with Gasteiger partial charge in [-0.05, 0) is 19.9 Å². The van der Waals surface area contributed by atoms with Crippen LogP contribution in [-0.4, -0.2) is 10.1 Å². The van der Waals surface area contributed by atoms with E-state index < -0.39 is 0 Å². The summed E-state index contributed by atoms with van der Waals surface area (Å²) in [7, 11) is 0. The van der Waals surface area contributed by atoms with E-state index in [1.54, 1.807) is 11.3 Å². The van der Waals surface area contributed by atoms with Crippen molar-refractivity contribution in [3.63, 3.8) is 0 Å². The molecule has 20 heavy (non-hydrogen) atoms. The molecule has 6 heteroatoms. The molecule has 0 unspecified atom stereocenters. The number of aromatic nitrogens is 2. The monoisotopic (exact) mass is 305 g/mol. The zero-order valence-electron chi connectivity index (χ0n) is 11.0. The van der Waals surface area contributed by atoms with Crippen molar-refractivity contribution in [2.75, 3.05) is 5.73 Å². The molecular formula is C14H12ClN3OS. The molecule has 102 valence electrons. The zero-order chi connectivity index (χ0) is 14.3. The zero-order valence-corrected chi connectivity index (χ0v) is 12.5. The lowest BCUT2D eigenvalue weighted by molar-refractivity contribution is 0.439. The molecule has 2 aromatic heterocycles. The van der Waals surface area contributed by atoms with Crippen molar-refractivity contribution >= 4 is 28.8 Å². The molecular weight excluding hydrogens is 294 g/mol. The van der Waals surface area contributed by atoms with E-state index in [0.717, 1.165) is 26.7 Å². The summed E-state index contributed by atoms with van der Waals surface area (Å²) in [6.45, 7) is 3.90. The number of halogens is 1. The molecule has 4 nitrogen and oxygen atoms in total. The molecule has 0 aliphatic rings. The average molecular weight is 306 g/mol. The van der Waals surface area contributed by atoms with Crippen molar-refractivity contribution in [2.45, 2.75) is 13.8 Å². The van der Waals surface area contributed by atoms with Gasteiger partial charge in [-0.1, -0.05) is 35.0 Å². The van der Waals surface area contributed by atoms with Crippen LogP contribution in [-0.2, 0) is 0 Å². The summed E-state index contributed by atoms with van der Waals surface area (Å²) >= 11 is 7.82. The van der Waals surface area contributed by atoms with Gasteiger partial charge in [0.1, 0.15) is 5.69 Å². The summed E-state index contributed by atoms with van der Waals surface area (Å²) in [5.74, 6) is 0.263. The lowest BCUT2D eigenvalue weighted by Crippen LogP contribution is -1.88. The van der Waals surface area contributed by atoms with Gasteiger partial charge in [0.15, 0.2) is 0 Å². The second-order valence-electron chi connectivity index (χ2n) is 4.40. The number of nitrogens with zero attached hydrogens (tertiary/aromatic N) is 2. The Morgan fingerprint density at radius 2 is 2.00 bits per heavy atom. The van der Waals surface area contributed by atoms with Gasteiger partial charge in [-0.2, -0.15) is 0 Å². The van der Waals surface area contributed by atoms with Crippen LogP contribution in [0.5, 0.6) is 0 Å². The molecule has 0 atom stereocenters. The first-order valence-electron chi connectivity index (χ1n) is 6.02. The standard InChI is InChI=1S/C14H12ClN3OS/c1-7-13(20-8(2)17-7)12-11(14(16)19-18-12)9-5-3-4-6-10(9)15/h3-6H,16H2,1-2H3. The number of anilines is 1. The minimum atomic E-state index is 0.263. The van der Waals surface area contributed by atoms with E-state index in [9.17, 15) is 0 Å². The molecule has 3 aromatic rings. The van der Waals surface area contributed by atoms with Crippen LogP contribution in [0.1, 0.15) is 10.7 Å². The predicted octanol–water partition coefficient (Wildman–Crippen LogP) is 4.32. The smallest absolute Gasteiger partial charge is 0.230 e. The number of benzene rings is 1. The lowest BCUT2D eigenvalue weighted by Gasteiger charge is -2.03. The van der Waals surface area contributed by atoms with Crippen LogP contribution in [0.4, 0.5) is 5.88 Å². The number of aryl methyl sites for hydroxylation is 2. The van der Waals surface area contributed by atoms with Crippen molar-refractivity contribution in [3.05, 3.63) is 40.0 Å². The molecule has 0 spiro atoms. The number of rotatable bonds is 2. The van der Waals surface area contributed by atoms with E-state index in [1.807, 2.05) is 38.1 Å². The third kappa shape index (κ3) is 2.09. The van der Waals surface area contributed by atoms with Crippen LogP contribution in [0.15, 0.2) is 28.8 Å². The summed E-state index contributed by atoms with van der Waals surface area (Å²) in [5.41, 5.74) is 9.08. The first kappa shape index (κ1) is 13.1. The first-order chi connectivity index (χ1) is 9.58. The Hall–Kier alpha value is -1.85. The highest BCUT2D eigenvalue weighted by Gasteiger charge is 2.22. The van der Waals surface area contributed by atoms with E-state index in [1.165, 1.54) is 0 Å². The van der Waals surface area contributed by atoms with Crippen molar-refractivity contribution in [1.29, 1.82) is 0 Å². The number of nitrogens with two attached hydrogens (primary N) is 1. The Labute approximate surface area is 125 Å². The molecule has 0 aliphatic carbocycles. The molecule has 0 fully saturated rings. The molecule has 3 rings (SSSR count). The normalized spacial score (nSPS) is 10.9. The Bertz CT molecular complexity index is 779. The molecule has 0 saturated carbocycles. The first-order valence-corrected chi connectivity index (χ1v) is 7.22. The van der Waals surface area contributed by atoms with E-state index in [-0.39, 0.29) is 5.88 Å². The molecule has 2 N–H and O–H groups in total. The van der Waals surface area contributed by atoms with Crippen LogP contribution in [0.25, 0.3) is 21.7 Å². The van der Waals surface area contributed by atoms with E-state index in [4.69, 9.17) is 21.9 Å². The highest BCUT2D eigenvalue weighted by Crippen LogP contribution is 2.42. The summed E-state index contributed by atoms with van der Waals surface area (Å²) < 4.78 is 5.17. The predicted molar refractivity (Wildman–Crippen MR) is 81.9 cm³/mol. The summed E-state index contributed by atoms with van der Waals surface area (Å²) in [5, 5.41) is 5.68. The maximum absolute atomic E-state index is 6.25. The topological polar surface area (TPSA) is 64.9 Å². The van der Waals surface area contributed by atoms with Gasteiger partial charge in [0.2, 0.25) is 5.88 Å². The Kier molecular flexibility index (Phi) is 3.23. The fourth-order valence-electron chi connectivity index (χ4n) is 2.13. The van der Waals surface area contributed by atoms with Gasteiger partial charge in [-0.3, -0.25) is 0 Å². The van der Waals surface area contributed by atoms with Crippen molar-refractivity contribution in [3.8, 4) is 21.7 Å². The largest absolute Gasteiger partial charge is 0.367 e. The SMILES string of the molecule is Cc1nc(C)c(-c2noc(N)c2-c2ccccc2Cl)s1. The molecule has 0 radical (unpaired) electrons. The van der Waals surface area contributed by atoms with Gasteiger partial charge in [-0.25, -0.2) is 4.98 Å². The highest BCUT2D eigenvalue weighted by atomic mass is 35.5. The summed E-state index contributed by atoms with van der Waals surface area (Å²) in [6.07, 6.45) is 0. The van der Waals surface area contributed by atoms with Crippen LogP contribution >= 0.6 is 22.9 Å². The highest BCUT2D eigenvalue weighted by molar-refractivity contribution is 7.15. The average Bonchev–Trinajstić information content (AvgIpc) is 2.93. The summed E-state index contributed by atoms with van der Waals surface area (Å²) in [4.78, 5) is 5.37. The second-order valence-corrected chi connectivity index (χ2v) is 6.01. The number of hydrogen-bond acceptors (Lipinski definition) is 5. The maximum atomic E-state index is 6.25. The molecule has 0 saturated heterocycles. The van der Waals surface area contributed by atoms with E-state index >= 15 is 0 Å². The third-order valence-electron chi connectivity index (χ3n) is 2.98. The van der Waals surface area contributed by atoms with E-state index in [2.05, 4.69) is 10.1 Å². The van der Waals surface area contributed by atoms with Crippen LogP contribution in [0.3, 0.4) is 0 Å². The lowest BCUT2D eigenvalue weighted by atomic mass is 10.0. The van der Waals surface area contributed by atoms with Gasteiger partial charge in [0, 0.05) is 10.6 Å². The quantitative estimate of drug-likeness (QED) is 0.766. The number of hydrogen-bond donors (Lipinski definition) is 1.